The van der Waals surface area contributed by atoms with Crippen LogP contribution in [0.25, 0.3) is 0 Å². The van der Waals surface area contributed by atoms with Gasteiger partial charge in [0.15, 0.2) is 11.0 Å². The summed E-state index contributed by atoms with van der Waals surface area (Å²) in [4.78, 5) is 11.6. The van der Waals surface area contributed by atoms with E-state index >= 15 is 0 Å². The molecule has 90 valence electrons. The third-order valence-corrected chi connectivity index (χ3v) is 2.21. The standard InChI is InChI=1S/C11H16ClNO3/c1-4-15-11(2,3)7-13-10(14)8-5-6-9(12)16-8/h5-6H,4,7H2,1-3H3,(H,13,14). The van der Waals surface area contributed by atoms with Crippen LogP contribution in [-0.4, -0.2) is 24.7 Å². The second kappa shape index (κ2) is 5.37. The number of nitrogens with one attached hydrogen (secondary N) is 1. The minimum atomic E-state index is -0.388. The van der Waals surface area contributed by atoms with E-state index in [0.29, 0.717) is 13.2 Å². The van der Waals surface area contributed by atoms with E-state index in [4.69, 9.17) is 20.8 Å². The fraction of sp³-hybridized carbons (Fsp3) is 0.545. The normalized spacial score (nSPS) is 11.5. The van der Waals surface area contributed by atoms with Gasteiger partial charge in [-0.1, -0.05) is 0 Å². The van der Waals surface area contributed by atoms with E-state index in [9.17, 15) is 4.79 Å². The summed E-state index contributed by atoms with van der Waals surface area (Å²) in [5.41, 5.74) is -0.388. The molecule has 0 saturated carbocycles. The molecule has 1 N–H and O–H groups in total. The van der Waals surface area contributed by atoms with Crippen LogP contribution in [-0.2, 0) is 4.74 Å². The smallest absolute Gasteiger partial charge is 0.287 e. The monoisotopic (exact) mass is 245 g/mol. The van der Waals surface area contributed by atoms with Crippen molar-refractivity contribution in [3.8, 4) is 0 Å². The lowest BCUT2D eigenvalue weighted by atomic mass is 10.1. The molecule has 0 atom stereocenters. The summed E-state index contributed by atoms with van der Waals surface area (Å²) >= 11 is 5.57. The van der Waals surface area contributed by atoms with E-state index in [1.54, 1.807) is 0 Å². The molecule has 1 aromatic heterocycles. The minimum Gasteiger partial charge on any atom is -0.440 e. The number of ether oxygens (including phenoxy) is 1. The lowest BCUT2D eigenvalue weighted by Gasteiger charge is -2.24. The summed E-state index contributed by atoms with van der Waals surface area (Å²) in [5.74, 6) is -0.0861. The van der Waals surface area contributed by atoms with E-state index in [1.165, 1.54) is 12.1 Å². The van der Waals surface area contributed by atoms with Crippen LogP contribution in [0, 0.1) is 0 Å². The Labute approximate surface area is 99.9 Å². The maximum Gasteiger partial charge on any atom is 0.287 e. The zero-order chi connectivity index (χ0) is 12.2. The van der Waals surface area contributed by atoms with Crippen LogP contribution in [0.4, 0.5) is 0 Å². The minimum absolute atomic E-state index is 0.203. The molecule has 0 aliphatic rings. The molecule has 0 unspecified atom stereocenters. The van der Waals surface area contributed by atoms with Crippen molar-refractivity contribution in [2.75, 3.05) is 13.2 Å². The highest BCUT2D eigenvalue weighted by Gasteiger charge is 2.20. The first-order valence-corrected chi connectivity index (χ1v) is 5.50. The first-order valence-electron chi connectivity index (χ1n) is 5.12. The lowest BCUT2D eigenvalue weighted by molar-refractivity contribution is -0.00830. The molecule has 0 fully saturated rings. The third kappa shape index (κ3) is 3.87. The Kier molecular flexibility index (Phi) is 4.38. The molecule has 0 radical (unpaired) electrons. The van der Waals surface area contributed by atoms with Crippen molar-refractivity contribution in [2.45, 2.75) is 26.4 Å². The number of halogens is 1. The molecule has 0 aliphatic carbocycles. The molecule has 4 nitrogen and oxygen atoms in total. The summed E-state index contributed by atoms with van der Waals surface area (Å²) in [5, 5.41) is 2.92. The van der Waals surface area contributed by atoms with Crippen molar-refractivity contribution in [2.24, 2.45) is 0 Å². The lowest BCUT2D eigenvalue weighted by Crippen LogP contribution is -2.40. The van der Waals surface area contributed by atoms with Crippen molar-refractivity contribution in [3.63, 3.8) is 0 Å². The van der Waals surface area contributed by atoms with Crippen LogP contribution < -0.4 is 5.32 Å². The van der Waals surface area contributed by atoms with Crippen LogP contribution in [0.2, 0.25) is 5.22 Å². The average molecular weight is 246 g/mol. The molecular formula is C11H16ClNO3. The van der Waals surface area contributed by atoms with Crippen molar-refractivity contribution in [3.05, 3.63) is 23.1 Å². The first-order chi connectivity index (χ1) is 7.44. The Bertz CT molecular complexity index is 360. The second-order valence-electron chi connectivity index (χ2n) is 3.98. The van der Waals surface area contributed by atoms with E-state index in [1.807, 2.05) is 20.8 Å². The van der Waals surface area contributed by atoms with Gasteiger partial charge in [-0.3, -0.25) is 4.79 Å². The maximum atomic E-state index is 11.6. The SMILES string of the molecule is CCOC(C)(C)CNC(=O)c1ccc(Cl)o1. The predicted molar refractivity (Wildman–Crippen MR) is 61.8 cm³/mol. The van der Waals surface area contributed by atoms with Crippen molar-refractivity contribution in [1.82, 2.24) is 5.32 Å². The zero-order valence-electron chi connectivity index (χ0n) is 9.67. The van der Waals surface area contributed by atoms with Gasteiger partial charge in [0.05, 0.1) is 5.60 Å². The Morgan fingerprint density at radius 3 is 2.75 bits per heavy atom. The molecule has 0 saturated heterocycles. The fourth-order valence-electron chi connectivity index (χ4n) is 1.26. The van der Waals surface area contributed by atoms with Crippen molar-refractivity contribution < 1.29 is 13.9 Å². The number of furan rings is 1. The Morgan fingerprint density at radius 2 is 2.25 bits per heavy atom. The zero-order valence-corrected chi connectivity index (χ0v) is 10.4. The number of amides is 1. The Hall–Kier alpha value is -1.00. The summed E-state index contributed by atoms with van der Waals surface area (Å²) < 4.78 is 10.4. The van der Waals surface area contributed by atoms with Gasteiger partial charge < -0.3 is 14.5 Å². The third-order valence-electron chi connectivity index (χ3n) is 2.01. The van der Waals surface area contributed by atoms with Crippen LogP contribution in [0.15, 0.2) is 16.5 Å². The number of rotatable bonds is 5. The van der Waals surface area contributed by atoms with Crippen LogP contribution >= 0.6 is 11.6 Å². The van der Waals surface area contributed by atoms with Gasteiger partial charge in [0.1, 0.15) is 0 Å². The summed E-state index contributed by atoms with van der Waals surface area (Å²) in [6.07, 6.45) is 0. The highest BCUT2D eigenvalue weighted by atomic mass is 35.5. The molecule has 0 bridgehead atoms. The predicted octanol–water partition coefficient (Wildman–Crippen LogP) is 2.48. The summed E-state index contributed by atoms with van der Waals surface area (Å²) in [7, 11) is 0. The number of hydrogen-bond acceptors (Lipinski definition) is 3. The van der Waals surface area contributed by atoms with Gasteiger partial charge in [0, 0.05) is 13.2 Å². The van der Waals surface area contributed by atoms with E-state index in [0.717, 1.165) is 0 Å². The molecule has 0 aromatic carbocycles. The quantitative estimate of drug-likeness (QED) is 0.867. The Balaban J connectivity index is 2.47. The van der Waals surface area contributed by atoms with Crippen LogP contribution in [0.5, 0.6) is 0 Å². The molecule has 0 aliphatic heterocycles. The molecule has 16 heavy (non-hydrogen) atoms. The average Bonchev–Trinajstić information content (AvgIpc) is 2.61. The number of hydrogen-bond donors (Lipinski definition) is 1. The molecule has 5 heteroatoms. The summed E-state index contributed by atoms with van der Waals surface area (Å²) in [6, 6.07) is 3.06. The first kappa shape index (κ1) is 13.1. The van der Waals surface area contributed by atoms with E-state index in [-0.39, 0.29) is 22.5 Å². The van der Waals surface area contributed by atoms with Crippen molar-refractivity contribution in [1.29, 1.82) is 0 Å². The van der Waals surface area contributed by atoms with Gasteiger partial charge in [-0.25, -0.2) is 0 Å². The molecule has 1 rings (SSSR count). The molecular weight excluding hydrogens is 230 g/mol. The molecule has 1 aromatic rings. The highest BCUT2D eigenvalue weighted by molar-refractivity contribution is 6.29. The molecule has 1 heterocycles. The van der Waals surface area contributed by atoms with E-state index in [2.05, 4.69) is 5.32 Å². The van der Waals surface area contributed by atoms with Crippen LogP contribution in [0.1, 0.15) is 31.3 Å². The van der Waals surface area contributed by atoms with Gasteiger partial charge in [0.2, 0.25) is 0 Å². The van der Waals surface area contributed by atoms with Gasteiger partial charge in [-0.15, -0.1) is 0 Å². The topological polar surface area (TPSA) is 51.5 Å². The maximum absolute atomic E-state index is 11.6. The highest BCUT2D eigenvalue weighted by Crippen LogP contribution is 2.13. The van der Waals surface area contributed by atoms with Gasteiger partial charge in [-0.05, 0) is 44.5 Å². The molecule has 0 spiro atoms. The van der Waals surface area contributed by atoms with Gasteiger partial charge >= 0.3 is 0 Å². The second-order valence-corrected chi connectivity index (χ2v) is 4.35. The summed E-state index contributed by atoms with van der Waals surface area (Å²) in [6.45, 7) is 6.75. The largest absolute Gasteiger partial charge is 0.440 e. The van der Waals surface area contributed by atoms with Gasteiger partial charge in [0.25, 0.3) is 5.91 Å². The molecule has 1 amide bonds. The fourth-order valence-corrected chi connectivity index (χ4v) is 1.40. The number of carbonyl (C=O) groups is 1. The van der Waals surface area contributed by atoms with E-state index < -0.39 is 0 Å². The Morgan fingerprint density at radius 1 is 1.56 bits per heavy atom. The number of carbonyl (C=O) groups excluding carboxylic acids is 1. The van der Waals surface area contributed by atoms with Crippen molar-refractivity contribution >= 4 is 17.5 Å². The van der Waals surface area contributed by atoms with Gasteiger partial charge in [-0.2, -0.15) is 0 Å². The van der Waals surface area contributed by atoms with Crippen LogP contribution in [0.3, 0.4) is 0 Å².